The van der Waals surface area contributed by atoms with E-state index in [9.17, 15) is 10.2 Å². The fourth-order valence-electron chi connectivity index (χ4n) is 9.50. The van der Waals surface area contributed by atoms with Crippen LogP contribution in [0.15, 0.2) is 23.3 Å². The highest BCUT2D eigenvalue weighted by atomic mass is 16.3. The maximum Gasteiger partial charge on any atom is 0.0628 e. The van der Waals surface area contributed by atoms with Crippen LogP contribution in [0.3, 0.4) is 0 Å². The molecule has 3 fully saturated rings. The molecular weight excluding hydrogens is 392 g/mol. The zero-order valence-corrected chi connectivity index (χ0v) is 22.2. The van der Waals surface area contributed by atoms with E-state index < -0.39 is 0 Å². The molecule has 2 heteroatoms. The van der Waals surface area contributed by atoms with Crippen molar-refractivity contribution in [3.05, 3.63) is 23.3 Å². The lowest BCUT2D eigenvalue weighted by molar-refractivity contribution is -0.204. The second kappa shape index (κ2) is 7.98. The van der Waals surface area contributed by atoms with Crippen LogP contribution in [0.25, 0.3) is 0 Å². The molecular formula is C30H50O2. The van der Waals surface area contributed by atoms with Crippen molar-refractivity contribution in [1.82, 2.24) is 0 Å². The molecule has 0 spiro atoms. The van der Waals surface area contributed by atoms with Crippen LogP contribution in [0.4, 0.5) is 0 Å². The van der Waals surface area contributed by atoms with E-state index in [2.05, 4.69) is 67.5 Å². The molecule has 0 aromatic heterocycles. The summed E-state index contributed by atoms with van der Waals surface area (Å²) in [7, 11) is 0. The van der Waals surface area contributed by atoms with E-state index in [0.29, 0.717) is 23.7 Å². The Hall–Kier alpha value is -0.600. The first kappa shape index (κ1) is 24.5. The van der Waals surface area contributed by atoms with Gasteiger partial charge in [0, 0.05) is 10.8 Å². The lowest BCUT2D eigenvalue weighted by Crippen LogP contribution is -2.64. The van der Waals surface area contributed by atoms with Gasteiger partial charge in [0.05, 0.1) is 12.2 Å². The van der Waals surface area contributed by atoms with E-state index in [0.717, 1.165) is 25.7 Å². The topological polar surface area (TPSA) is 40.5 Å². The van der Waals surface area contributed by atoms with Gasteiger partial charge < -0.3 is 10.2 Å². The average Bonchev–Trinajstić information content (AvgIpc) is 2.96. The number of aliphatic hydroxyl groups excluding tert-OH is 2. The van der Waals surface area contributed by atoms with Crippen molar-refractivity contribution in [1.29, 1.82) is 0 Å². The average molecular weight is 443 g/mol. The van der Waals surface area contributed by atoms with Gasteiger partial charge >= 0.3 is 0 Å². The van der Waals surface area contributed by atoms with Crippen LogP contribution in [0.2, 0.25) is 0 Å². The summed E-state index contributed by atoms with van der Waals surface area (Å²) in [6.07, 6.45) is 13.4. The van der Waals surface area contributed by atoms with Crippen LogP contribution in [-0.2, 0) is 0 Å². The SMILES string of the molecule is CC(C)=CCCC(C)[C@H]1CC[C@@]2(C)C3CC=C4C(CCC(O)C4(C)C)C3(C)[C@H](O)CC12C. The summed E-state index contributed by atoms with van der Waals surface area (Å²) in [5.41, 5.74) is 3.10. The number of aliphatic hydroxyl groups is 2. The fourth-order valence-corrected chi connectivity index (χ4v) is 9.50. The summed E-state index contributed by atoms with van der Waals surface area (Å²) in [6, 6.07) is 0. The summed E-state index contributed by atoms with van der Waals surface area (Å²) in [5.74, 6) is 2.34. The Bertz CT molecular complexity index is 789. The Morgan fingerprint density at radius 3 is 2.38 bits per heavy atom. The van der Waals surface area contributed by atoms with Crippen LogP contribution in [0.5, 0.6) is 0 Å². The predicted octanol–water partition coefficient (Wildman–Crippen LogP) is 7.31. The third kappa shape index (κ3) is 3.25. The first-order valence-corrected chi connectivity index (χ1v) is 13.5. The Balaban J connectivity index is 1.67. The molecule has 0 heterocycles. The highest BCUT2D eigenvalue weighted by molar-refractivity contribution is 5.31. The molecule has 0 amide bonds. The summed E-state index contributed by atoms with van der Waals surface area (Å²) < 4.78 is 0. The molecule has 182 valence electrons. The number of rotatable bonds is 4. The van der Waals surface area contributed by atoms with E-state index in [1.54, 1.807) is 0 Å². The fraction of sp³-hybridized carbons (Fsp3) is 0.867. The number of hydrogen-bond donors (Lipinski definition) is 2. The monoisotopic (exact) mass is 442 g/mol. The minimum Gasteiger partial charge on any atom is -0.393 e. The first-order valence-electron chi connectivity index (χ1n) is 13.5. The molecule has 2 N–H and O–H groups in total. The molecule has 6 unspecified atom stereocenters. The second-order valence-electron chi connectivity index (χ2n) is 13.7. The van der Waals surface area contributed by atoms with Gasteiger partial charge in [-0.25, -0.2) is 0 Å². The van der Waals surface area contributed by atoms with Crippen LogP contribution in [0, 0.1) is 45.3 Å². The quantitative estimate of drug-likeness (QED) is 0.448. The molecule has 0 saturated heterocycles. The van der Waals surface area contributed by atoms with Crippen molar-refractivity contribution >= 4 is 0 Å². The molecule has 0 aliphatic heterocycles. The third-order valence-corrected chi connectivity index (χ3v) is 11.8. The van der Waals surface area contributed by atoms with Gasteiger partial charge in [-0.05, 0) is 99.7 Å². The minimum absolute atomic E-state index is 0.0735. The molecule has 0 aromatic rings. The van der Waals surface area contributed by atoms with Crippen molar-refractivity contribution in [3.8, 4) is 0 Å². The number of fused-ring (bicyclic) bond motifs is 5. The molecule has 0 radical (unpaired) electrons. The minimum atomic E-state index is -0.260. The highest BCUT2D eigenvalue weighted by Crippen LogP contribution is 2.74. The van der Waals surface area contributed by atoms with Gasteiger partial charge in [-0.3, -0.25) is 0 Å². The molecule has 9 atom stereocenters. The normalized spacial score (nSPS) is 48.2. The van der Waals surface area contributed by atoms with Crippen LogP contribution in [-0.4, -0.2) is 22.4 Å². The Morgan fingerprint density at radius 2 is 1.72 bits per heavy atom. The summed E-state index contributed by atoms with van der Waals surface area (Å²) in [4.78, 5) is 0. The van der Waals surface area contributed by atoms with Crippen molar-refractivity contribution in [2.75, 3.05) is 0 Å². The van der Waals surface area contributed by atoms with Crippen molar-refractivity contribution in [2.45, 2.75) is 119 Å². The predicted molar refractivity (Wildman–Crippen MR) is 134 cm³/mol. The second-order valence-corrected chi connectivity index (χ2v) is 13.7. The van der Waals surface area contributed by atoms with E-state index in [1.807, 2.05) is 0 Å². The van der Waals surface area contributed by atoms with Crippen molar-refractivity contribution in [3.63, 3.8) is 0 Å². The standard InChI is InChI=1S/C30H50O2/c1-19(2)10-9-11-20(3)21-16-17-28(6)24-14-12-22-23(13-15-25(31)27(22,4)5)30(24,8)26(32)18-29(21,28)7/h10,12,20-21,23-26,31-32H,9,11,13-18H2,1-8H3/t20?,21-,23?,24?,25?,26-,28+,29?,30?/m1/s1. The smallest absolute Gasteiger partial charge is 0.0628 e. The molecule has 0 bridgehead atoms. The summed E-state index contributed by atoms with van der Waals surface area (Å²) >= 11 is 0. The molecule has 4 aliphatic rings. The maximum absolute atomic E-state index is 11.9. The summed E-state index contributed by atoms with van der Waals surface area (Å²) in [6.45, 7) is 18.9. The Kier molecular flexibility index (Phi) is 6.11. The van der Waals surface area contributed by atoms with Crippen LogP contribution in [0.1, 0.15) is 107 Å². The van der Waals surface area contributed by atoms with E-state index in [4.69, 9.17) is 0 Å². The molecule has 4 rings (SSSR count). The number of allylic oxidation sites excluding steroid dienone is 3. The Labute approximate surface area is 198 Å². The molecule has 4 aliphatic carbocycles. The zero-order chi connectivity index (χ0) is 23.7. The highest BCUT2D eigenvalue weighted by Gasteiger charge is 2.70. The molecule has 32 heavy (non-hydrogen) atoms. The van der Waals surface area contributed by atoms with Crippen molar-refractivity contribution in [2.24, 2.45) is 45.3 Å². The molecule has 3 saturated carbocycles. The first-order chi connectivity index (χ1) is 14.8. The largest absolute Gasteiger partial charge is 0.393 e. The van der Waals surface area contributed by atoms with E-state index in [1.165, 1.54) is 36.8 Å². The maximum atomic E-state index is 11.9. The van der Waals surface area contributed by atoms with Gasteiger partial charge in [-0.15, -0.1) is 0 Å². The third-order valence-electron chi connectivity index (χ3n) is 11.8. The van der Waals surface area contributed by atoms with Crippen molar-refractivity contribution < 1.29 is 10.2 Å². The lowest BCUT2D eigenvalue weighted by atomic mass is 9.38. The van der Waals surface area contributed by atoms with Crippen LogP contribution < -0.4 is 0 Å². The van der Waals surface area contributed by atoms with Gasteiger partial charge in [0.15, 0.2) is 0 Å². The molecule has 0 aromatic carbocycles. The van der Waals surface area contributed by atoms with Gasteiger partial charge in [0.1, 0.15) is 0 Å². The zero-order valence-electron chi connectivity index (χ0n) is 22.2. The van der Waals surface area contributed by atoms with Gasteiger partial charge in [-0.1, -0.05) is 64.8 Å². The lowest BCUT2D eigenvalue weighted by Gasteiger charge is -2.67. The van der Waals surface area contributed by atoms with Gasteiger partial charge in [-0.2, -0.15) is 0 Å². The van der Waals surface area contributed by atoms with E-state index >= 15 is 0 Å². The Morgan fingerprint density at radius 1 is 1.03 bits per heavy atom. The van der Waals surface area contributed by atoms with Gasteiger partial charge in [0.25, 0.3) is 0 Å². The van der Waals surface area contributed by atoms with Gasteiger partial charge in [0.2, 0.25) is 0 Å². The molecule has 2 nitrogen and oxygen atoms in total. The van der Waals surface area contributed by atoms with E-state index in [-0.39, 0.29) is 33.9 Å². The number of hydrogen-bond acceptors (Lipinski definition) is 2. The summed E-state index contributed by atoms with van der Waals surface area (Å²) in [5, 5.41) is 22.7. The van der Waals surface area contributed by atoms with Crippen LogP contribution >= 0.6 is 0 Å².